The van der Waals surface area contributed by atoms with E-state index in [2.05, 4.69) is 42.6 Å². The van der Waals surface area contributed by atoms with E-state index in [4.69, 9.17) is 9.47 Å². The number of amides is 2. The molecule has 13 heteroatoms. The van der Waals surface area contributed by atoms with Gasteiger partial charge in [-0.2, -0.15) is 0 Å². The maximum atomic E-state index is 13.5. The molecule has 0 spiro atoms. The summed E-state index contributed by atoms with van der Waals surface area (Å²) in [5.74, 6) is 2.00. The number of urea groups is 1. The molecule has 1 unspecified atom stereocenters. The number of anilines is 3. The number of piperidine rings is 1. The second kappa shape index (κ2) is 13.5. The van der Waals surface area contributed by atoms with Crippen molar-refractivity contribution in [3.05, 3.63) is 71.4 Å². The van der Waals surface area contributed by atoms with Crippen LogP contribution in [0.2, 0.25) is 0 Å². The van der Waals surface area contributed by atoms with Gasteiger partial charge in [0.05, 0.1) is 43.6 Å². The van der Waals surface area contributed by atoms with E-state index in [0.717, 1.165) is 79.1 Å². The maximum Gasteiger partial charge on any atom is 0.319 e. The molecule has 48 heavy (non-hydrogen) atoms. The van der Waals surface area contributed by atoms with Crippen molar-refractivity contribution in [3.63, 3.8) is 0 Å². The van der Waals surface area contributed by atoms with Crippen LogP contribution in [0, 0.1) is 0 Å². The molecule has 1 aliphatic carbocycles. The summed E-state index contributed by atoms with van der Waals surface area (Å²) in [5, 5.41) is 14.9. The number of aromatic nitrogens is 3. The van der Waals surface area contributed by atoms with Crippen LogP contribution in [0.4, 0.5) is 22.1 Å². The van der Waals surface area contributed by atoms with E-state index in [1.807, 2.05) is 61.7 Å². The summed E-state index contributed by atoms with van der Waals surface area (Å²) < 4.78 is 40.7. The lowest BCUT2D eigenvalue weighted by Crippen LogP contribution is -2.35. The Balaban J connectivity index is 1.16. The van der Waals surface area contributed by atoms with Crippen LogP contribution in [-0.4, -0.2) is 62.1 Å². The van der Waals surface area contributed by atoms with Crippen molar-refractivity contribution in [2.45, 2.75) is 70.3 Å². The van der Waals surface area contributed by atoms with Crippen LogP contribution in [-0.2, 0) is 15.4 Å². The van der Waals surface area contributed by atoms with Crippen molar-refractivity contribution in [3.8, 4) is 11.5 Å². The third kappa shape index (κ3) is 7.46. The average molecular weight is 676 g/mol. The third-order valence-corrected chi connectivity index (χ3v) is 9.66. The Kier molecular flexibility index (Phi) is 9.41. The van der Waals surface area contributed by atoms with Crippen LogP contribution in [0.25, 0.3) is 5.65 Å². The monoisotopic (exact) mass is 675 g/mol. The van der Waals surface area contributed by atoms with Crippen molar-refractivity contribution >= 4 is 39.0 Å². The highest BCUT2D eigenvalue weighted by Crippen LogP contribution is 2.40. The Morgan fingerprint density at radius 3 is 2.42 bits per heavy atom. The second-order valence-corrected chi connectivity index (χ2v) is 15.5. The van der Waals surface area contributed by atoms with Crippen molar-refractivity contribution in [1.29, 1.82) is 0 Å². The van der Waals surface area contributed by atoms with Crippen molar-refractivity contribution < 1.29 is 22.7 Å². The first-order valence-corrected chi connectivity index (χ1v) is 18.4. The zero-order valence-electron chi connectivity index (χ0n) is 28.2. The molecule has 0 saturated carbocycles. The topological polar surface area (TPSA) is 139 Å². The maximum absolute atomic E-state index is 13.5. The van der Waals surface area contributed by atoms with Gasteiger partial charge in [-0.1, -0.05) is 45.0 Å². The molecule has 256 valence electrons. The number of ether oxygens (including phenoxy) is 2. The number of nitrogens with one attached hydrogen (secondary N) is 3. The average Bonchev–Trinajstić information content (AvgIpc) is 3.47. The molecule has 2 amide bonds. The fraction of sp³-hybridized carbons (Fsp3) is 0.457. The highest BCUT2D eigenvalue weighted by atomic mass is 32.2. The number of hydrogen-bond acceptors (Lipinski definition) is 8. The number of hydrogen-bond donors (Lipinski definition) is 3. The molecule has 3 heterocycles. The molecule has 6 rings (SSSR count). The van der Waals surface area contributed by atoms with Gasteiger partial charge in [-0.15, -0.1) is 10.2 Å². The molecule has 2 atom stereocenters. The van der Waals surface area contributed by atoms with E-state index in [-0.39, 0.29) is 28.8 Å². The van der Waals surface area contributed by atoms with E-state index >= 15 is 0 Å². The van der Waals surface area contributed by atoms with Crippen LogP contribution < -0.4 is 29.7 Å². The minimum absolute atomic E-state index is 0.147. The number of nitrogens with zero attached hydrogens (tertiary/aromatic N) is 4. The van der Waals surface area contributed by atoms with Gasteiger partial charge in [0.25, 0.3) is 0 Å². The fourth-order valence-corrected chi connectivity index (χ4v) is 7.17. The van der Waals surface area contributed by atoms with Crippen LogP contribution >= 0.6 is 0 Å². The van der Waals surface area contributed by atoms with E-state index in [1.54, 1.807) is 6.07 Å². The van der Waals surface area contributed by atoms with Crippen LogP contribution in [0.5, 0.6) is 11.5 Å². The summed E-state index contributed by atoms with van der Waals surface area (Å²) in [5.41, 5.74) is 4.14. The summed E-state index contributed by atoms with van der Waals surface area (Å²) >= 11 is 0. The first-order valence-electron chi connectivity index (χ1n) is 16.5. The first-order chi connectivity index (χ1) is 22.9. The zero-order chi connectivity index (χ0) is 34.1. The fourth-order valence-electron chi connectivity index (χ4n) is 6.62. The summed E-state index contributed by atoms with van der Waals surface area (Å²) in [4.78, 5) is 15.8. The Morgan fingerprint density at radius 2 is 1.71 bits per heavy atom. The van der Waals surface area contributed by atoms with Gasteiger partial charge < -0.3 is 25.0 Å². The molecule has 1 fully saturated rings. The Hall–Kier alpha value is -4.52. The van der Waals surface area contributed by atoms with Gasteiger partial charge in [0, 0.05) is 19.0 Å². The van der Waals surface area contributed by atoms with E-state index in [0.29, 0.717) is 12.3 Å². The number of carbonyl (C=O) groups is 1. The number of fused-ring (bicyclic) bond motifs is 2. The van der Waals surface area contributed by atoms with Gasteiger partial charge >= 0.3 is 6.03 Å². The predicted molar refractivity (Wildman–Crippen MR) is 188 cm³/mol. The highest BCUT2D eigenvalue weighted by Gasteiger charge is 2.29. The molecular formula is C35H45N7O5S. The molecular weight excluding hydrogens is 630 g/mol. The molecule has 0 radical (unpaired) electrons. The van der Waals surface area contributed by atoms with Gasteiger partial charge in [0.1, 0.15) is 5.75 Å². The van der Waals surface area contributed by atoms with E-state index < -0.39 is 16.1 Å². The molecule has 12 nitrogen and oxygen atoms in total. The third-order valence-electron chi connectivity index (χ3n) is 9.07. The Morgan fingerprint density at radius 1 is 0.979 bits per heavy atom. The lowest BCUT2D eigenvalue weighted by molar-refractivity contribution is 0.241. The van der Waals surface area contributed by atoms with Gasteiger partial charge in [0.15, 0.2) is 11.4 Å². The standard InChI is InChI=1S/C35H45N7O5S/c1-35(2,3)24-19-29(32(46-4)30(20-24)40-48(5,44)45)37-33(43)36-28-15-13-23(26-11-7-8-12-27(26)28)22-47-25-14-16-31-38-39-34(42(31)21-25)41-17-9-6-10-18-41/h7-8,11-12,14,16,19-21,23,28,40H,6,9-10,13,15,17-18,22H2,1-5H3,(H2,36,37,43)/t23?,28-/m0/s1. The van der Waals surface area contributed by atoms with Crippen molar-refractivity contribution in [2.24, 2.45) is 0 Å². The molecule has 4 aromatic rings. The molecule has 0 bridgehead atoms. The van der Waals surface area contributed by atoms with E-state index in [9.17, 15) is 13.2 Å². The Bertz CT molecular complexity index is 1900. The Labute approximate surface area is 282 Å². The number of methoxy groups -OCH3 is 1. The SMILES string of the molecule is COc1c(NC(=O)N[C@H]2CCC(COc3ccc4nnc(N5CCCCC5)n4c3)c3ccccc32)cc(C(C)(C)C)cc1NS(C)(=O)=O. The first kappa shape index (κ1) is 33.4. The van der Waals surface area contributed by atoms with Crippen LogP contribution in [0.3, 0.4) is 0 Å². The molecule has 1 saturated heterocycles. The number of benzene rings is 2. The normalized spacial score (nSPS) is 18.2. The summed E-state index contributed by atoms with van der Waals surface area (Å²) in [6, 6.07) is 15.0. The second-order valence-electron chi connectivity index (χ2n) is 13.7. The highest BCUT2D eigenvalue weighted by molar-refractivity contribution is 7.92. The summed E-state index contributed by atoms with van der Waals surface area (Å²) in [6.07, 6.45) is 8.16. The molecule has 1 aliphatic heterocycles. The molecule has 2 aliphatic rings. The van der Waals surface area contributed by atoms with Crippen molar-refractivity contribution in [2.75, 3.05) is 48.0 Å². The predicted octanol–water partition coefficient (Wildman–Crippen LogP) is 6.22. The van der Waals surface area contributed by atoms with Crippen LogP contribution in [0.1, 0.15) is 81.5 Å². The smallest absolute Gasteiger partial charge is 0.319 e. The van der Waals surface area contributed by atoms with Gasteiger partial charge in [0.2, 0.25) is 16.0 Å². The van der Waals surface area contributed by atoms with Gasteiger partial charge in [-0.3, -0.25) is 9.12 Å². The molecule has 2 aromatic carbocycles. The van der Waals surface area contributed by atoms with Gasteiger partial charge in [-0.05, 0) is 78.5 Å². The van der Waals surface area contributed by atoms with Crippen LogP contribution in [0.15, 0.2) is 54.7 Å². The van der Waals surface area contributed by atoms with Crippen molar-refractivity contribution in [1.82, 2.24) is 19.9 Å². The lowest BCUT2D eigenvalue weighted by Gasteiger charge is -2.32. The number of pyridine rings is 1. The van der Waals surface area contributed by atoms with E-state index in [1.165, 1.54) is 13.5 Å². The minimum atomic E-state index is -3.59. The molecule has 2 aromatic heterocycles. The minimum Gasteiger partial charge on any atom is -0.492 e. The number of sulfonamides is 1. The zero-order valence-corrected chi connectivity index (χ0v) is 29.1. The molecule has 3 N–H and O–H groups in total. The van der Waals surface area contributed by atoms with Gasteiger partial charge in [-0.25, -0.2) is 13.2 Å². The largest absolute Gasteiger partial charge is 0.492 e. The number of rotatable bonds is 9. The number of carbonyl (C=O) groups excluding carboxylic acids is 1. The lowest BCUT2D eigenvalue weighted by atomic mass is 9.80. The quantitative estimate of drug-likeness (QED) is 0.190. The summed E-state index contributed by atoms with van der Waals surface area (Å²) in [6.45, 7) is 8.51. The summed E-state index contributed by atoms with van der Waals surface area (Å²) in [7, 11) is -2.15.